The van der Waals surface area contributed by atoms with E-state index in [1.807, 2.05) is 6.07 Å². The topological polar surface area (TPSA) is 50.7 Å². The van der Waals surface area contributed by atoms with E-state index < -0.39 is 0 Å². The van der Waals surface area contributed by atoms with Gasteiger partial charge in [0.1, 0.15) is 0 Å². The first-order valence-electron chi connectivity index (χ1n) is 6.01. The van der Waals surface area contributed by atoms with Crippen molar-refractivity contribution in [2.45, 2.75) is 32.7 Å². The van der Waals surface area contributed by atoms with Gasteiger partial charge in [-0.05, 0) is 26.8 Å². The minimum atomic E-state index is 0.154. The standard InChI is InChI=1S/C13H18N4S/c1-13(2,3)16-8-5-10-9-18-12(17-10)11-14-6-4-7-15-11/h4,6-7,9,16H,5,8H2,1-3H3. The summed E-state index contributed by atoms with van der Waals surface area (Å²) in [4.78, 5) is 13.0. The molecule has 0 aromatic carbocycles. The van der Waals surface area contributed by atoms with Gasteiger partial charge in [-0.2, -0.15) is 0 Å². The normalized spacial score (nSPS) is 11.7. The number of thiazole rings is 1. The third kappa shape index (κ3) is 3.85. The van der Waals surface area contributed by atoms with Gasteiger partial charge in [-0.3, -0.25) is 0 Å². The predicted octanol–water partition coefficient (Wildman–Crippen LogP) is 2.53. The lowest BCUT2D eigenvalue weighted by Crippen LogP contribution is -2.37. The van der Waals surface area contributed by atoms with Gasteiger partial charge in [-0.25, -0.2) is 15.0 Å². The molecule has 0 aliphatic rings. The molecule has 4 nitrogen and oxygen atoms in total. The maximum absolute atomic E-state index is 4.55. The van der Waals surface area contributed by atoms with E-state index in [1.54, 1.807) is 23.7 Å². The lowest BCUT2D eigenvalue weighted by atomic mass is 10.1. The lowest BCUT2D eigenvalue weighted by Gasteiger charge is -2.19. The van der Waals surface area contributed by atoms with Crippen LogP contribution in [0.4, 0.5) is 0 Å². The van der Waals surface area contributed by atoms with Crippen LogP contribution in [-0.4, -0.2) is 27.0 Å². The molecule has 0 radical (unpaired) electrons. The van der Waals surface area contributed by atoms with Gasteiger partial charge in [0.2, 0.25) is 0 Å². The molecule has 0 saturated carbocycles. The van der Waals surface area contributed by atoms with Gasteiger partial charge in [-0.15, -0.1) is 11.3 Å². The van der Waals surface area contributed by atoms with Gasteiger partial charge >= 0.3 is 0 Å². The highest BCUT2D eigenvalue weighted by molar-refractivity contribution is 7.13. The Balaban J connectivity index is 1.95. The Morgan fingerprint density at radius 1 is 1.22 bits per heavy atom. The summed E-state index contributed by atoms with van der Waals surface area (Å²) in [6.07, 6.45) is 4.41. The lowest BCUT2D eigenvalue weighted by molar-refractivity contribution is 0.429. The molecule has 2 heterocycles. The van der Waals surface area contributed by atoms with E-state index >= 15 is 0 Å². The highest BCUT2D eigenvalue weighted by atomic mass is 32.1. The van der Waals surface area contributed by atoms with Crippen molar-refractivity contribution in [1.29, 1.82) is 0 Å². The van der Waals surface area contributed by atoms with Gasteiger partial charge in [0.05, 0.1) is 5.69 Å². The van der Waals surface area contributed by atoms with Crippen molar-refractivity contribution < 1.29 is 0 Å². The van der Waals surface area contributed by atoms with Gasteiger partial charge in [0.25, 0.3) is 0 Å². The van der Waals surface area contributed by atoms with Crippen LogP contribution in [0.3, 0.4) is 0 Å². The van der Waals surface area contributed by atoms with E-state index in [2.05, 4.69) is 46.4 Å². The summed E-state index contributed by atoms with van der Waals surface area (Å²) < 4.78 is 0. The minimum absolute atomic E-state index is 0.154. The summed E-state index contributed by atoms with van der Waals surface area (Å²) in [5.74, 6) is 0.706. The SMILES string of the molecule is CC(C)(C)NCCc1csc(-c2ncccn2)n1. The second-order valence-electron chi connectivity index (χ2n) is 5.14. The van der Waals surface area contributed by atoms with Crippen LogP contribution < -0.4 is 5.32 Å². The molecule has 2 aromatic rings. The monoisotopic (exact) mass is 262 g/mol. The van der Waals surface area contributed by atoms with Crippen molar-refractivity contribution in [3.05, 3.63) is 29.5 Å². The highest BCUT2D eigenvalue weighted by Crippen LogP contribution is 2.19. The Hall–Kier alpha value is -1.33. The zero-order valence-electron chi connectivity index (χ0n) is 11.0. The number of hydrogen-bond acceptors (Lipinski definition) is 5. The molecule has 2 rings (SSSR count). The third-order valence-electron chi connectivity index (χ3n) is 2.35. The Kier molecular flexibility index (Phi) is 4.04. The first kappa shape index (κ1) is 13.1. The summed E-state index contributed by atoms with van der Waals surface area (Å²) in [7, 11) is 0. The predicted molar refractivity (Wildman–Crippen MR) is 74.6 cm³/mol. The van der Waals surface area contributed by atoms with Crippen LogP contribution in [0.25, 0.3) is 10.8 Å². The molecule has 0 amide bonds. The maximum Gasteiger partial charge on any atom is 0.188 e. The molecule has 0 saturated heterocycles. The molecule has 0 unspecified atom stereocenters. The molecule has 0 fully saturated rings. The molecule has 0 spiro atoms. The van der Waals surface area contributed by atoms with Gasteiger partial charge in [0.15, 0.2) is 10.8 Å². The third-order valence-corrected chi connectivity index (χ3v) is 3.23. The molecule has 2 aromatic heterocycles. The molecule has 0 aliphatic carbocycles. The fourth-order valence-corrected chi connectivity index (χ4v) is 2.30. The van der Waals surface area contributed by atoms with E-state index in [0.29, 0.717) is 5.82 Å². The highest BCUT2D eigenvalue weighted by Gasteiger charge is 2.10. The van der Waals surface area contributed by atoms with E-state index in [4.69, 9.17) is 0 Å². The zero-order valence-corrected chi connectivity index (χ0v) is 11.8. The van der Waals surface area contributed by atoms with Crippen LogP contribution in [0, 0.1) is 0 Å². The van der Waals surface area contributed by atoms with Crippen LogP contribution >= 0.6 is 11.3 Å². The van der Waals surface area contributed by atoms with E-state index in [1.165, 1.54) is 0 Å². The van der Waals surface area contributed by atoms with E-state index in [-0.39, 0.29) is 5.54 Å². The van der Waals surface area contributed by atoms with Gasteiger partial charge in [-0.1, -0.05) is 0 Å². The Morgan fingerprint density at radius 2 is 1.94 bits per heavy atom. The van der Waals surface area contributed by atoms with Gasteiger partial charge in [0, 0.05) is 36.3 Å². The molecule has 0 aliphatic heterocycles. The molecule has 1 N–H and O–H groups in total. The number of nitrogens with zero attached hydrogens (tertiary/aromatic N) is 3. The molecule has 5 heteroatoms. The van der Waals surface area contributed by atoms with Crippen LogP contribution in [0.5, 0.6) is 0 Å². The average Bonchev–Trinajstić information content (AvgIpc) is 2.77. The molecular weight excluding hydrogens is 244 g/mol. The Bertz CT molecular complexity index is 487. The van der Waals surface area contributed by atoms with E-state index in [0.717, 1.165) is 23.7 Å². The number of nitrogens with one attached hydrogen (secondary N) is 1. The summed E-state index contributed by atoms with van der Waals surface area (Å²) in [5, 5.41) is 6.42. The number of rotatable bonds is 4. The summed E-state index contributed by atoms with van der Waals surface area (Å²) in [5.41, 5.74) is 1.25. The van der Waals surface area contributed by atoms with E-state index in [9.17, 15) is 0 Å². The van der Waals surface area contributed by atoms with Crippen LogP contribution in [0.1, 0.15) is 26.5 Å². The van der Waals surface area contributed by atoms with Crippen LogP contribution in [-0.2, 0) is 6.42 Å². The summed E-state index contributed by atoms with van der Waals surface area (Å²) in [6.45, 7) is 7.42. The Labute approximate surface area is 112 Å². The van der Waals surface area contributed by atoms with Gasteiger partial charge < -0.3 is 5.32 Å². The number of aromatic nitrogens is 3. The summed E-state index contributed by atoms with van der Waals surface area (Å²) in [6, 6.07) is 1.81. The van der Waals surface area contributed by atoms with Crippen molar-refractivity contribution in [2.75, 3.05) is 6.54 Å². The first-order valence-corrected chi connectivity index (χ1v) is 6.89. The number of hydrogen-bond donors (Lipinski definition) is 1. The second-order valence-corrected chi connectivity index (χ2v) is 6.00. The molecule has 18 heavy (non-hydrogen) atoms. The fourth-order valence-electron chi connectivity index (χ4n) is 1.50. The first-order chi connectivity index (χ1) is 8.54. The molecule has 0 atom stereocenters. The van der Waals surface area contributed by atoms with Crippen molar-refractivity contribution in [3.63, 3.8) is 0 Å². The van der Waals surface area contributed by atoms with Crippen LogP contribution in [0.15, 0.2) is 23.8 Å². The zero-order chi connectivity index (χ0) is 13.0. The fraction of sp³-hybridized carbons (Fsp3) is 0.462. The smallest absolute Gasteiger partial charge is 0.188 e. The maximum atomic E-state index is 4.55. The molecular formula is C13H18N4S. The molecule has 0 bridgehead atoms. The average molecular weight is 262 g/mol. The van der Waals surface area contributed by atoms with Crippen molar-refractivity contribution in [3.8, 4) is 10.8 Å². The van der Waals surface area contributed by atoms with Crippen molar-refractivity contribution in [2.24, 2.45) is 0 Å². The Morgan fingerprint density at radius 3 is 2.61 bits per heavy atom. The second kappa shape index (κ2) is 5.54. The van der Waals surface area contributed by atoms with Crippen molar-refractivity contribution >= 4 is 11.3 Å². The quantitative estimate of drug-likeness (QED) is 0.920. The van der Waals surface area contributed by atoms with Crippen molar-refractivity contribution in [1.82, 2.24) is 20.3 Å². The molecule has 96 valence electrons. The largest absolute Gasteiger partial charge is 0.312 e. The van der Waals surface area contributed by atoms with Crippen LogP contribution in [0.2, 0.25) is 0 Å². The summed E-state index contributed by atoms with van der Waals surface area (Å²) >= 11 is 1.60. The minimum Gasteiger partial charge on any atom is -0.312 e.